The highest BCUT2D eigenvalue weighted by Gasteiger charge is 2.43. The van der Waals surface area contributed by atoms with Gasteiger partial charge in [0, 0.05) is 11.5 Å². The van der Waals surface area contributed by atoms with Crippen LogP contribution in [0.1, 0.15) is 25.5 Å². The van der Waals surface area contributed by atoms with Crippen LogP contribution < -0.4 is 10.4 Å². The van der Waals surface area contributed by atoms with Gasteiger partial charge in [-0.25, -0.2) is 4.79 Å². The van der Waals surface area contributed by atoms with Crippen LogP contribution >= 0.6 is 0 Å². The van der Waals surface area contributed by atoms with Crippen LogP contribution in [0, 0.1) is 0 Å². The maximum Gasteiger partial charge on any atom is 0.336 e. The maximum absolute atomic E-state index is 11.3. The van der Waals surface area contributed by atoms with Crippen LogP contribution in [0.4, 0.5) is 0 Å². The third-order valence-electron chi connectivity index (χ3n) is 3.47. The number of hydrogen-bond acceptors (Lipinski definition) is 5. The van der Waals surface area contributed by atoms with Crippen molar-refractivity contribution in [2.24, 2.45) is 0 Å². The van der Waals surface area contributed by atoms with Gasteiger partial charge < -0.3 is 19.4 Å². The van der Waals surface area contributed by atoms with Gasteiger partial charge in [0.2, 0.25) is 0 Å². The van der Waals surface area contributed by atoms with E-state index in [1.807, 2.05) is 0 Å². The molecule has 2 N–H and O–H groups in total. The molecule has 5 heteroatoms. The third kappa shape index (κ3) is 1.74. The molecule has 1 aliphatic rings. The van der Waals surface area contributed by atoms with Crippen LogP contribution in [0.2, 0.25) is 0 Å². The Morgan fingerprint density at radius 1 is 1.16 bits per heavy atom. The Hall–Kier alpha value is -1.85. The Kier molecular flexibility index (Phi) is 2.45. The summed E-state index contributed by atoms with van der Waals surface area (Å²) in [6, 6.07) is 6.37. The lowest BCUT2D eigenvalue weighted by Crippen LogP contribution is -2.48. The lowest BCUT2D eigenvalue weighted by Gasteiger charge is -2.39. The molecule has 0 saturated carbocycles. The van der Waals surface area contributed by atoms with Gasteiger partial charge in [0.1, 0.15) is 29.1 Å². The van der Waals surface area contributed by atoms with E-state index in [0.717, 1.165) is 0 Å². The molecule has 1 aromatic carbocycles. The number of hydrogen-bond donors (Lipinski definition) is 2. The fourth-order valence-corrected chi connectivity index (χ4v) is 2.39. The number of ether oxygens (including phenoxy) is 1. The summed E-state index contributed by atoms with van der Waals surface area (Å²) in [5.41, 5.74) is -0.837. The fourth-order valence-electron chi connectivity index (χ4n) is 2.39. The van der Waals surface area contributed by atoms with Gasteiger partial charge in [-0.15, -0.1) is 0 Å². The Balaban J connectivity index is 2.33. The van der Waals surface area contributed by atoms with Crippen LogP contribution in [-0.2, 0) is 0 Å². The second-order valence-corrected chi connectivity index (χ2v) is 5.25. The van der Waals surface area contributed by atoms with Crippen LogP contribution in [-0.4, -0.2) is 21.9 Å². The molecule has 2 heterocycles. The van der Waals surface area contributed by atoms with Gasteiger partial charge in [-0.1, -0.05) is 0 Å². The Bertz CT molecular complexity index is 701. The zero-order valence-electron chi connectivity index (χ0n) is 10.6. The van der Waals surface area contributed by atoms with Gasteiger partial charge in [-0.2, -0.15) is 0 Å². The first kappa shape index (κ1) is 12.2. The number of rotatable bonds is 0. The molecule has 0 unspecified atom stereocenters. The maximum atomic E-state index is 11.3. The zero-order chi connectivity index (χ0) is 13.8. The largest absolute Gasteiger partial charge is 0.485 e. The summed E-state index contributed by atoms with van der Waals surface area (Å²) in [6.07, 6.45) is -2.26. The van der Waals surface area contributed by atoms with E-state index in [0.29, 0.717) is 16.7 Å². The van der Waals surface area contributed by atoms with Crippen molar-refractivity contribution in [1.29, 1.82) is 0 Å². The van der Waals surface area contributed by atoms with Crippen molar-refractivity contribution in [2.75, 3.05) is 0 Å². The lowest BCUT2D eigenvalue weighted by molar-refractivity contribution is -0.111. The Morgan fingerprint density at radius 3 is 2.58 bits per heavy atom. The first-order valence-corrected chi connectivity index (χ1v) is 6.02. The molecule has 0 fully saturated rings. The molecule has 19 heavy (non-hydrogen) atoms. The third-order valence-corrected chi connectivity index (χ3v) is 3.47. The van der Waals surface area contributed by atoms with Crippen molar-refractivity contribution in [2.45, 2.75) is 31.7 Å². The highest BCUT2D eigenvalue weighted by atomic mass is 16.5. The smallest absolute Gasteiger partial charge is 0.336 e. The monoisotopic (exact) mass is 262 g/mol. The minimum atomic E-state index is -1.16. The molecule has 3 rings (SSSR count). The summed E-state index contributed by atoms with van der Waals surface area (Å²) in [4.78, 5) is 11.3. The fraction of sp³-hybridized carbons (Fsp3) is 0.357. The predicted octanol–water partition coefficient (Wildman–Crippen LogP) is 1.36. The second kappa shape index (κ2) is 3.82. The Morgan fingerprint density at radius 2 is 1.84 bits per heavy atom. The normalized spacial score (nSPS) is 24.8. The van der Waals surface area contributed by atoms with Crippen molar-refractivity contribution in [3.05, 3.63) is 40.2 Å². The van der Waals surface area contributed by atoms with Crippen LogP contribution in [0.3, 0.4) is 0 Å². The van der Waals surface area contributed by atoms with E-state index >= 15 is 0 Å². The Labute approximate surface area is 109 Å². The van der Waals surface area contributed by atoms with Gasteiger partial charge in [-0.3, -0.25) is 0 Å². The van der Waals surface area contributed by atoms with Gasteiger partial charge in [0.15, 0.2) is 0 Å². The van der Waals surface area contributed by atoms with E-state index in [-0.39, 0.29) is 5.58 Å². The van der Waals surface area contributed by atoms with Crippen molar-refractivity contribution in [3.63, 3.8) is 0 Å². The number of benzene rings is 1. The lowest BCUT2D eigenvalue weighted by atomic mass is 9.88. The first-order chi connectivity index (χ1) is 8.90. The summed E-state index contributed by atoms with van der Waals surface area (Å²) in [6.45, 7) is 3.38. The molecule has 1 aromatic heterocycles. The number of aliphatic hydroxyl groups excluding tert-OH is 2. The van der Waals surface area contributed by atoms with Crippen molar-refractivity contribution >= 4 is 11.0 Å². The molecule has 1 aliphatic heterocycles. The van der Waals surface area contributed by atoms with Gasteiger partial charge in [0.05, 0.1) is 5.56 Å². The van der Waals surface area contributed by atoms with E-state index in [4.69, 9.17) is 9.15 Å². The number of aliphatic hydroxyl groups is 2. The molecular formula is C14H14O5. The van der Waals surface area contributed by atoms with Crippen molar-refractivity contribution in [3.8, 4) is 5.75 Å². The van der Waals surface area contributed by atoms with Gasteiger partial charge in [0.25, 0.3) is 0 Å². The average Bonchev–Trinajstić information content (AvgIpc) is 2.35. The summed E-state index contributed by atoms with van der Waals surface area (Å²) >= 11 is 0. The van der Waals surface area contributed by atoms with Gasteiger partial charge in [-0.05, 0) is 32.0 Å². The van der Waals surface area contributed by atoms with Crippen LogP contribution in [0.25, 0.3) is 11.0 Å². The highest BCUT2D eigenvalue weighted by Crippen LogP contribution is 2.42. The summed E-state index contributed by atoms with van der Waals surface area (Å²) < 4.78 is 10.8. The molecule has 0 saturated heterocycles. The minimum absolute atomic E-state index is 0.257. The van der Waals surface area contributed by atoms with Crippen LogP contribution in [0.5, 0.6) is 5.75 Å². The molecule has 2 aromatic rings. The summed E-state index contributed by atoms with van der Waals surface area (Å²) in [5.74, 6) is 0.421. The summed E-state index contributed by atoms with van der Waals surface area (Å²) in [5, 5.41) is 21.0. The van der Waals surface area contributed by atoms with E-state index in [9.17, 15) is 15.0 Å². The first-order valence-electron chi connectivity index (χ1n) is 6.02. The zero-order valence-corrected chi connectivity index (χ0v) is 10.6. The standard InChI is InChI=1S/C14H14O5/c1-14(2)13(17)11(16)10-8(19-14)5-3-7-4-6-9(15)18-12(7)10/h3-6,11,13,16-17H,1-2H3/t11-,13+/m1/s1. The molecule has 100 valence electrons. The molecule has 0 aliphatic carbocycles. The minimum Gasteiger partial charge on any atom is -0.485 e. The molecule has 2 atom stereocenters. The molecule has 5 nitrogen and oxygen atoms in total. The van der Waals surface area contributed by atoms with Crippen LogP contribution in [0.15, 0.2) is 33.5 Å². The molecule has 0 amide bonds. The molecule has 0 spiro atoms. The topological polar surface area (TPSA) is 79.9 Å². The van der Waals surface area contributed by atoms with E-state index in [1.165, 1.54) is 6.07 Å². The average molecular weight is 262 g/mol. The molecular weight excluding hydrogens is 248 g/mol. The van der Waals surface area contributed by atoms with E-state index < -0.39 is 23.4 Å². The van der Waals surface area contributed by atoms with Gasteiger partial charge >= 0.3 is 5.63 Å². The summed E-state index contributed by atoms with van der Waals surface area (Å²) in [7, 11) is 0. The van der Waals surface area contributed by atoms with Crippen molar-refractivity contribution < 1.29 is 19.4 Å². The second-order valence-electron chi connectivity index (χ2n) is 5.25. The van der Waals surface area contributed by atoms with E-state index in [1.54, 1.807) is 32.0 Å². The number of fused-ring (bicyclic) bond motifs is 3. The highest BCUT2D eigenvalue weighted by molar-refractivity contribution is 5.82. The predicted molar refractivity (Wildman–Crippen MR) is 68.2 cm³/mol. The quantitative estimate of drug-likeness (QED) is 0.701. The molecule has 0 bridgehead atoms. The van der Waals surface area contributed by atoms with Crippen molar-refractivity contribution in [1.82, 2.24) is 0 Å². The van der Waals surface area contributed by atoms with E-state index in [2.05, 4.69) is 0 Å². The molecule has 0 radical (unpaired) electrons. The SMILES string of the molecule is CC1(C)Oc2ccc3ccc(=O)oc3c2[C@@H](O)[C@@H]1O.